The van der Waals surface area contributed by atoms with Crippen LogP contribution in [0.4, 0.5) is 4.79 Å². The lowest BCUT2D eigenvalue weighted by Gasteiger charge is -2.12. The van der Waals surface area contributed by atoms with E-state index in [-0.39, 0.29) is 17.7 Å². The van der Waals surface area contributed by atoms with Gasteiger partial charge in [-0.3, -0.25) is 14.5 Å². The van der Waals surface area contributed by atoms with Crippen molar-refractivity contribution < 1.29 is 14.3 Å². The molecule has 2 aromatic carbocycles. The van der Waals surface area contributed by atoms with Crippen LogP contribution in [-0.4, -0.2) is 23.2 Å². The Kier molecular flexibility index (Phi) is 5.30. The van der Waals surface area contributed by atoms with Crippen LogP contribution < -0.4 is 4.74 Å². The van der Waals surface area contributed by atoms with Crippen molar-refractivity contribution in [3.8, 4) is 5.75 Å². The Morgan fingerprint density at radius 3 is 2.72 bits per heavy atom. The number of nitrogens with zero attached hydrogens (tertiary/aromatic N) is 1. The topological polar surface area (TPSA) is 46.6 Å². The molecule has 0 radical (unpaired) electrons. The average molecular weight is 418 g/mol. The standard InChI is InChI=1S/C19H16BrNO3S/c1-12-4-3-5-13(8-12)11-21-18(22)17(25-19(21)23)10-14-9-15(20)6-7-16(14)24-2/h3-10H,11H2,1-2H3/b17-10+. The van der Waals surface area contributed by atoms with Gasteiger partial charge in [0.25, 0.3) is 11.1 Å². The molecule has 1 fully saturated rings. The van der Waals surface area contributed by atoms with Gasteiger partial charge in [0.05, 0.1) is 18.6 Å². The molecule has 0 N–H and O–H groups in total. The third-order valence-electron chi connectivity index (χ3n) is 3.78. The number of halogens is 1. The van der Waals surface area contributed by atoms with Crippen molar-refractivity contribution in [1.29, 1.82) is 0 Å². The van der Waals surface area contributed by atoms with Crippen molar-refractivity contribution in [2.45, 2.75) is 13.5 Å². The van der Waals surface area contributed by atoms with Gasteiger partial charge in [0.1, 0.15) is 5.75 Å². The maximum absolute atomic E-state index is 12.7. The minimum atomic E-state index is -0.279. The van der Waals surface area contributed by atoms with E-state index in [1.54, 1.807) is 13.2 Å². The van der Waals surface area contributed by atoms with E-state index < -0.39 is 0 Å². The molecular formula is C19H16BrNO3S. The van der Waals surface area contributed by atoms with Crippen molar-refractivity contribution >= 4 is 44.9 Å². The smallest absolute Gasteiger partial charge is 0.293 e. The van der Waals surface area contributed by atoms with Gasteiger partial charge in [-0.15, -0.1) is 0 Å². The minimum absolute atomic E-state index is 0.258. The van der Waals surface area contributed by atoms with E-state index in [2.05, 4.69) is 15.9 Å². The van der Waals surface area contributed by atoms with Crippen LogP contribution in [0.5, 0.6) is 5.75 Å². The zero-order chi connectivity index (χ0) is 18.0. The monoisotopic (exact) mass is 417 g/mol. The van der Waals surface area contributed by atoms with Gasteiger partial charge in [-0.05, 0) is 48.5 Å². The Morgan fingerprint density at radius 2 is 2.00 bits per heavy atom. The molecule has 0 aliphatic carbocycles. The summed E-state index contributed by atoms with van der Waals surface area (Å²) >= 11 is 4.36. The second-order valence-electron chi connectivity index (χ2n) is 5.64. The Labute approximate surface area is 159 Å². The number of ether oxygens (including phenoxy) is 1. The van der Waals surface area contributed by atoms with Gasteiger partial charge in [0, 0.05) is 10.0 Å². The van der Waals surface area contributed by atoms with Gasteiger partial charge in [0.2, 0.25) is 0 Å². The van der Waals surface area contributed by atoms with Crippen LogP contribution in [-0.2, 0) is 11.3 Å². The molecule has 0 bridgehead atoms. The third-order valence-corrected chi connectivity index (χ3v) is 5.18. The quantitative estimate of drug-likeness (QED) is 0.656. The van der Waals surface area contributed by atoms with E-state index in [4.69, 9.17) is 4.74 Å². The maximum atomic E-state index is 12.7. The highest BCUT2D eigenvalue weighted by Gasteiger charge is 2.35. The number of thioether (sulfide) groups is 1. The zero-order valence-corrected chi connectivity index (χ0v) is 16.2. The molecule has 1 aliphatic heterocycles. The normalized spacial score (nSPS) is 16.0. The van der Waals surface area contributed by atoms with E-state index in [0.29, 0.717) is 10.7 Å². The maximum Gasteiger partial charge on any atom is 0.293 e. The Balaban J connectivity index is 1.87. The number of carbonyl (C=O) groups is 2. The molecule has 1 saturated heterocycles. The summed E-state index contributed by atoms with van der Waals surface area (Å²) in [7, 11) is 1.57. The van der Waals surface area contributed by atoms with E-state index >= 15 is 0 Å². The lowest BCUT2D eigenvalue weighted by molar-refractivity contribution is -0.123. The van der Waals surface area contributed by atoms with Crippen molar-refractivity contribution in [2.75, 3.05) is 7.11 Å². The average Bonchev–Trinajstić information content (AvgIpc) is 2.83. The van der Waals surface area contributed by atoms with Gasteiger partial charge in [-0.25, -0.2) is 0 Å². The third kappa shape index (κ3) is 3.96. The highest BCUT2D eigenvalue weighted by atomic mass is 79.9. The molecular weight excluding hydrogens is 402 g/mol. The highest BCUT2D eigenvalue weighted by molar-refractivity contribution is 9.10. The lowest BCUT2D eigenvalue weighted by atomic mass is 10.1. The van der Waals surface area contributed by atoms with E-state index in [1.165, 1.54) is 4.90 Å². The number of amides is 2. The zero-order valence-electron chi connectivity index (χ0n) is 13.8. The molecule has 2 amide bonds. The van der Waals surface area contributed by atoms with Crippen LogP contribution in [0.3, 0.4) is 0 Å². The first-order valence-electron chi connectivity index (χ1n) is 7.62. The van der Waals surface area contributed by atoms with E-state index in [9.17, 15) is 9.59 Å². The number of methoxy groups -OCH3 is 1. The number of aryl methyl sites for hydroxylation is 1. The molecule has 0 saturated carbocycles. The number of hydrogen-bond donors (Lipinski definition) is 0. The summed E-state index contributed by atoms with van der Waals surface area (Å²) in [6.07, 6.45) is 1.70. The number of imide groups is 1. The summed E-state index contributed by atoms with van der Waals surface area (Å²) in [5.74, 6) is 0.368. The predicted octanol–water partition coefficient (Wildman–Crippen LogP) is 5.00. The summed E-state index contributed by atoms with van der Waals surface area (Å²) in [6.45, 7) is 2.26. The highest BCUT2D eigenvalue weighted by Crippen LogP contribution is 2.35. The largest absolute Gasteiger partial charge is 0.496 e. The fraction of sp³-hybridized carbons (Fsp3) is 0.158. The first kappa shape index (κ1) is 17.8. The number of benzene rings is 2. The lowest BCUT2D eigenvalue weighted by Crippen LogP contribution is -2.27. The molecule has 4 nitrogen and oxygen atoms in total. The van der Waals surface area contributed by atoms with Crippen LogP contribution in [0.15, 0.2) is 51.8 Å². The SMILES string of the molecule is COc1ccc(Br)cc1/C=C1/SC(=O)N(Cc2cccc(C)c2)C1=O. The Morgan fingerprint density at radius 1 is 1.20 bits per heavy atom. The summed E-state index contributed by atoms with van der Waals surface area (Å²) in [4.78, 5) is 26.6. The van der Waals surface area contributed by atoms with Crippen molar-refractivity contribution in [2.24, 2.45) is 0 Å². The van der Waals surface area contributed by atoms with Crippen LogP contribution in [0.2, 0.25) is 0 Å². The molecule has 25 heavy (non-hydrogen) atoms. The molecule has 0 unspecified atom stereocenters. The molecule has 2 aromatic rings. The van der Waals surface area contributed by atoms with Gasteiger partial charge in [-0.1, -0.05) is 45.8 Å². The van der Waals surface area contributed by atoms with Crippen LogP contribution in [0.25, 0.3) is 6.08 Å². The Hall–Kier alpha value is -2.05. The molecule has 6 heteroatoms. The Bertz CT molecular complexity index is 879. The predicted molar refractivity (Wildman–Crippen MR) is 103 cm³/mol. The van der Waals surface area contributed by atoms with Crippen molar-refractivity contribution in [3.63, 3.8) is 0 Å². The molecule has 0 aromatic heterocycles. The van der Waals surface area contributed by atoms with Crippen LogP contribution in [0.1, 0.15) is 16.7 Å². The summed E-state index contributed by atoms with van der Waals surface area (Å²) in [5, 5.41) is -0.258. The molecule has 1 heterocycles. The second-order valence-corrected chi connectivity index (χ2v) is 7.55. The molecule has 128 valence electrons. The summed E-state index contributed by atoms with van der Waals surface area (Å²) < 4.78 is 6.20. The molecule has 0 spiro atoms. The van der Waals surface area contributed by atoms with Gasteiger partial charge in [-0.2, -0.15) is 0 Å². The summed E-state index contributed by atoms with van der Waals surface area (Å²) in [5.41, 5.74) is 2.78. The molecule has 1 aliphatic rings. The van der Waals surface area contributed by atoms with Crippen LogP contribution >= 0.6 is 27.7 Å². The first-order valence-corrected chi connectivity index (χ1v) is 9.23. The number of hydrogen-bond acceptors (Lipinski definition) is 4. The molecule has 3 rings (SSSR count). The summed E-state index contributed by atoms with van der Waals surface area (Å²) in [6, 6.07) is 13.3. The van der Waals surface area contributed by atoms with Gasteiger partial charge in [0.15, 0.2) is 0 Å². The second kappa shape index (κ2) is 7.45. The van der Waals surface area contributed by atoms with Crippen molar-refractivity contribution in [3.05, 3.63) is 68.5 Å². The fourth-order valence-electron chi connectivity index (χ4n) is 2.59. The molecule has 0 atom stereocenters. The fourth-order valence-corrected chi connectivity index (χ4v) is 3.80. The van der Waals surface area contributed by atoms with E-state index in [0.717, 1.165) is 32.9 Å². The number of carbonyl (C=O) groups excluding carboxylic acids is 2. The minimum Gasteiger partial charge on any atom is -0.496 e. The van der Waals surface area contributed by atoms with E-state index in [1.807, 2.05) is 49.4 Å². The number of rotatable bonds is 4. The first-order chi connectivity index (χ1) is 12.0. The van der Waals surface area contributed by atoms with Gasteiger partial charge < -0.3 is 4.74 Å². The van der Waals surface area contributed by atoms with Gasteiger partial charge >= 0.3 is 0 Å². The van der Waals surface area contributed by atoms with Crippen molar-refractivity contribution in [1.82, 2.24) is 4.90 Å². The van der Waals surface area contributed by atoms with Crippen LogP contribution in [0, 0.1) is 6.92 Å².